The lowest BCUT2D eigenvalue weighted by atomic mass is 9.90. The van der Waals surface area contributed by atoms with Crippen molar-refractivity contribution in [1.82, 2.24) is 9.80 Å². The average Bonchev–Trinajstić information content (AvgIpc) is 3.20. The molecule has 2 heterocycles. The molecule has 0 spiro atoms. The van der Waals surface area contributed by atoms with Crippen molar-refractivity contribution < 1.29 is 9.59 Å². The van der Waals surface area contributed by atoms with Gasteiger partial charge in [-0.25, -0.2) is 0 Å². The highest BCUT2D eigenvalue weighted by molar-refractivity contribution is 7.10. The van der Waals surface area contributed by atoms with Gasteiger partial charge in [0, 0.05) is 24.4 Å². The highest BCUT2D eigenvalue weighted by Gasteiger charge is 2.34. The van der Waals surface area contributed by atoms with Crippen LogP contribution in [0.25, 0.3) is 0 Å². The molecule has 0 fully saturated rings. The first kappa shape index (κ1) is 21.6. The SMILES string of the molecule is CCCCN(CC(=O)N1CCc2sccc2[C@H]1c1ccccc1C)C(=O)CCC. The molecule has 0 N–H and O–H groups in total. The van der Waals surface area contributed by atoms with Crippen LogP contribution in [0.2, 0.25) is 0 Å². The topological polar surface area (TPSA) is 40.6 Å². The number of aryl methyl sites for hydroxylation is 1. The van der Waals surface area contributed by atoms with Gasteiger partial charge in [-0.1, -0.05) is 44.5 Å². The van der Waals surface area contributed by atoms with Crippen molar-refractivity contribution >= 4 is 23.2 Å². The summed E-state index contributed by atoms with van der Waals surface area (Å²) in [5.41, 5.74) is 3.61. The average molecular weight is 413 g/mol. The molecule has 1 aliphatic heterocycles. The summed E-state index contributed by atoms with van der Waals surface area (Å²) in [7, 11) is 0. The van der Waals surface area contributed by atoms with Crippen molar-refractivity contribution in [1.29, 1.82) is 0 Å². The van der Waals surface area contributed by atoms with E-state index in [1.807, 2.05) is 24.0 Å². The number of nitrogens with zero attached hydrogens (tertiary/aromatic N) is 2. The van der Waals surface area contributed by atoms with Crippen molar-refractivity contribution in [2.45, 2.75) is 58.9 Å². The molecule has 1 aliphatic rings. The molecule has 0 saturated carbocycles. The van der Waals surface area contributed by atoms with Crippen LogP contribution in [0.5, 0.6) is 0 Å². The molecule has 3 rings (SSSR count). The maximum atomic E-state index is 13.4. The van der Waals surface area contributed by atoms with E-state index in [4.69, 9.17) is 0 Å². The van der Waals surface area contributed by atoms with Gasteiger partial charge in [-0.05, 0) is 54.3 Å². The Kier molecular flexibility index (Phi) is 7.48. The molecular weight excluding hydrogens is 380 g/mol. The van der Waals surface area contributed by atoms with Gasteiger partial charge in [0.15, 0.2) is 0 Å². The molecular formula is C24H32N2O2S. The Labute approximate surface area is 178 Å². The molecule has 4 nitrogen and oxygen atoms in total. The van der Waals surface area contributed by atoms with Crippen molar-refractivity contribution in [3.05, 3.63) is 57.3 Å². The number of amides is 2. The fourth-order valence-electron chi connectivity index (χ4n) is 4.08. The Morgan fingerprint density at radius 3 is 2.66 bits per heavy atom. The summed E-state index contributed by atoms with van der Waals surface area (Å²) in [6.45, 7) is 7.77. The monoisotopic (exact) mass is 412 g/mol. The normalized spacial score (nSPS) is 15.8. The quantitative estimate of drug-likeness (QED) is 0.615. The van der Waals surface area contributed by atoms with Crippen molar-refractivity contribution in [2.24, 2.45) is 0 Å². The van der Waals surface area contributed by atoms with Crippen LogP contribution >= 0.6 is 11.3 Å². The van der Waals surface area contributed by atoms with Crippen LogP contribution in [0.4, 0.5) is 0 Å². The second kappa shape index (κ2) is 10.1. The predicted octanol–water partition coefficient (Wildman–Crippen LogP) is 4.96. The number of thiophene rings is 1. The predicted molar refractivity (Wildman–Crippen MR) is 119 cm³/mol. The van der Waals surface area contributed by atoms with Crippen molar-refractivity contribution in [2.75, 3.05) is 19.6 Å². The Hall–Kier alpha value is -2.14. The zero-order valence-electron chi connectivity index (χ0n) is 17.8. The van der Waals surface area contributed by atoms with Crippen LogP contribution in [0.3, 0.4) is 0 Å². The van der Waals surface area contributed by atoms with Gasteiger partial charge in [-0.15, -0.1) is 11.3 Å². The summed E-state index contributed by atoms with van der Waals surface area (Å²) in [4.78, 5) is 31.2. The number of carbonyl (C=O) groups is 2. The minimum absolute atomic E-state index is 0.0515. The van der Waals surface area contributed by atoms with E-state index in [1.165, 1.54) is 21.6 Å². The Bertz CT molecular complexity index is 845. The van der Waals surface area contributed by atoms with E-state index in [0.717, 1.165) is 25.7 Å². The van der Waals surface area contributed by atoms with Crippen LogP contribution in [0.15, 0.2) is 35.7 Å². The number of hydrogen-bond donors (Lipinski definition) is 0. The maximum absolute atomic E-state index is 13.4. The molecule has 0 saturated heterocycles. The molecule has 0 aliphatic carbocycles. The van der Waals surface area contributed by atoms with Crippen molar-refractivity contribution in [3.63, 3.8) is 0 Å². The Morgan fingerprint density at radius 2 is 1.93 bits per heavy atom. The first-order chi connectivity index (χ1) is 14.1. The summed E-state index contributed by atoms with van der Waals surface area (Å²) < 4.78 is 0. The van der Waals surface area contributed by atoms with Gasteiger partial charge in [-0.2, -0.15) is 0 Å². The number of rotatable bonds is 8. The molecule has 0 unspecified atom stereocenters. The van der Waals surface area contributed by atoms with E-state index in [2.05, 4.69) is 37.4 Å². The molecule has 2 aromatic rings. The van der Waals surface area contributed by atoms with Crippen LogP contribution in [0, 0.1) is 6.92 Å². The number of hydrogen-bond acceptors (Lipinski definition) is 3. The van der Waals surface area contributed by atoms with Gasteiger partial charge < -0.3 is 9.80 Å². The number of benzene rings is 1. The molecule has 1 atom stereocenters. The van der Waals surface area contributed by atoms with E-state index < -0.39 is 0 Å². The highest BCUT2D eigenvalue weighted by atomic mass is 32.1. The zero-order chi connectivity index (χ0) is 20.8. The largest absolute Gasteiger partial charge is 0.333 e. The molecule has 0 radical (unpaired) electrons. The molecule has 1 aromatic carbocycles. The molecule has 0 bridgehead atoms. The molecule has 2 amide bonds. The lowest BCUT2D eigenvalue weighted by Gasteiger charge is -2.38. The lowest BCUT2D eigenvalue weighted by Crippen LogP contribution is -2.47. The number of fused-ring (bicyclic) bond motifs is 1. The standard InChI is InChI=1S/C24H32N2O2S/c1-4-6-14-25(22(27)9-5-2)17-23(28)26-15-12-21-20(13-16-29-21)24(26)19-11-8-7-10-18(19)3/h7-8,10-11,13,16,24H,4-6,9,12,14-15,17H2,1-3H3/t24-/m1/s1. The summed E-state index contributed by atoms with van der Waals surface area (Å²) in [5.74, 6) is 0.144. The van der Waals surface area contributed by atoms with Gasteiger partial charge in [0.05, 0.1) is 12.6 Å². The molecule has 156 valence electrons. The Balaban J connectivity index is 1.87. The van der Waals surface area contributed by atoms with Crippen LogP contribution < -0.4 is 0 Å². The minimum atomic E-state index is -0.0620. The van der Waals surface area contributed by atoms with Crippen LogP contribution in [0.1, 0.15) is 67.1 Å². The lowest BCUT2D eigenvalue weighted by molar-refractivity contribution is -0.141. The third-order valence-corrected chi connectivity index (χ3v) is 6.69. The third-order valence-electron chi connectivity index (χ3n) is 5.69. The van der Waals surface area contributed by atoms with E-state index in [-0.39, 0.29) is 24.4 Å². The second-order valence-electron chi connectivity index (χ2n) is 7.81. The first-order valence-electron chi connectivity index (χ1n) is 10.8. The molecule has 5 heteroatoms. The smallest absolute Gasteiger partial charge is 0.242 e. The van der Waals surface area contributed by atoms with E-state index in [9.17, 15) is 9.59 Å². The van der Waals surface area contributed by atoms with Gasteiger partial charge in [-0.3, -0.25) is 9.59 Å². The summed E-state index contributed by atoms with van der Waals surface area (Å²) in [6, 6.07) is 10.4. The van der Waals surface area contributed by atoms with E-state index in [1.54, 1.807) is 16.2 Å². The van der Waals surface area contributed by atoms with Gasteiger partial charge >= 0.3 is 0 Å². The van der Waals surface area contributed by atoms with Crippen LogP contribution in [-0.4, -0.2) is 41.2 Å². The minimum Gasteiger partial charge on any atom is -0.333 e. The number of carbonyl (C=O) groups excluding carboxylic acids is 2. The van der Waals surface area contributed by atoms with E-state index >= 15 is 0 Å². The van der Waals surface area contributed by atoms with E-state index in [0.29, 0.717) is 19.5 Å². The van der Waals surface area contributed by atoms with Crippen LogP contribution in [-0.2, 0) is 16.0 Å². The van der Waals surface area contributed by atoms with Gasteiger partial charge in [0.2, 0.25) is 11.8 Å². The van der Waals surface area contributed by atoms with Crippen molar-refractivity contribution in [3.8, 4) is 0 Å². The number of unbranched alkanes of at least 4 members (excludes halogenated alkanes) is 1. The summed E-state index contributed by atoms with van der Waals surface area (Å²) >= 11 is 1.78. The summed E-state index contributed by atoms with van der Waals surface area (Å²) in [5, 5.41) is 2.13. The zero-order valence-corrected chi connectivity index (χ0v) is 18.6. The molecule has 1 aromatic heterocycles. The fraction of sp³-hybridized carbons (Fsp3) is 0.500. The maximum Gasteiger partial charge on any atom is 0.242 e. The fourth-order valence-corrected chi connectivity index (χ4v) is 4.98. The molecule has 29 heavy (non-hydrogen) atoms. The van der Waals surface area contributed by atoms with Gasteiger partial charge in [0.1, 0.15) is 0 Å². The first-order valence-corrected chi connectivity index (χ1v) is 11.6. The highest BCUT2D eigenvalue weighted by Crippen LogP contribution is 2.39. The Morgan fingerprint density at radius 1 is 1.14 bits per heavy atom. The third kappa shape index (κ3) is 4.89. The van der Waals surface area contributed by atoms with Gasteiger partial charge in [0.25, 0.3) is 0 Å². The second-order valence-corrected chi connectivity index (χ2v) is 8.81. The summed E-state index contributed by atoms with van der Waals surface area (Å²) in [6.07, 6.45) is 4.14.